The van der Waals surface area contributed by atoms with Crippen molar-refractivity contribution in [1.29, 1.82) is 0 Å². The molecule has 2 unspecified atom stereocenters. The number of benzene rings is 2. The van der Waals surface area contributed by atoms with Crippen LogP contribution in [0.5, 0.6) is 17.2 Å². The van der Waals surface area contributed by atoms with Crippen molar-refractivity contribution in [2.75, 3.05) is 53.7 Å². The third-order valence-electron chi connectivity index (χ3n) is 6.00. The van der Waals surface area contributed by atoms with Crippen molar-refractivity contribution in [3.8, 4) is 17.2 Å². The zero-order valence-electron chi connectivity index (χ0n) is 18.1. The summed E-state index contributed by atoms with van der Waals surface area (Å²) in [5, 5.41) is 3.17. The molecule has 2 atom stereocenters. The molecule has 0 bridgehead atoms. The SMILES string of the molecule is COc1ccc(C(CNC(=O)C2COc3ccccc3C2)N2CCOCC2)cc1OC. The zero-order valence-corrected chi connectivity index (χ0v) is 18.1. The Labute approximate surface area is 183 Å². The van der Waals surface area contributed by atoms with E-state index in [2.05, 4.69) is 10.2 Å². The summed E-state index contributed by atoms with van der Waals surface area (Å²) in [6.45, 7) is 3.91. The summed E-state index contributed by atoms with van der Waals surface area (Å²) in [6.07, 6.45) is 0.695. The van der Waals surface area contributed by atoms with Gasteiger partial charge in [0.15, 0.2) is 11.5 Å². The van der Waals surface area contributed by atoms with E-state index < -0.39 is 0 Å². The van der Waals surface area contributed by atoms with Gasteiger partial charge in [-0.05, 0) is 35.7 Å². The van der Waals surface area contributed by atoms with E-state index in [1.807, 2.05) is 42.5 Å². The predicted molar refractivity (Wildman–Crippen MR) is 117 cm³/mol. The van der Waals surface area contributed by atoms with Crippen LogP contribution in [0.25, 0.3) is 0 Å². The number of morpholine rings is 1. The molecule has 0 aliphatic carbocycles. The minimum atomic E-state index is -0.189. The number of carbonyl (C=O) groups excluding carboxylic acids is 1. The Hall–Kier alpha value is -2.77. The van der Waals surface area contributed by atoms with E-state index in [-0.39, 0.29) is 17.9 Å². The van der Waals surface area contributed by atoms with Gasteiger partial charge in [0.05, 0.1) is 39.4 Å². The van der Waals surface area contributed by atoms with Gasteiger partial charge in [-0.15, -0.1) is 0 Å². The molecule has 0 saturated carbocycles. The molecule has 0 aromatic heterocycles. The first-order chi connectivity index (χ1) is 15.2. The van der Waals surface area contributed by atoms with Gasteiger partial charge in [-0.1, -0.05) is 24.3 Å². The lowest BCUT2D eigenvalue weighted by molar-refractivity contribution is -0.126. The number of nitrogens with zero attached hydrogens (tertiary/aromatic N) is 1. The van der Waals surface area contributed by atoms with Crippen LogP contribution in [0, 0.1) is 5.92 Å². The van der Waals surface area contributed by atoms with Crippen LogP contribution in [0.2, 0.25) is 0 Å². The molecule has 2 aromatic rings. The number of hydrogen-bond acceptors (Lipinski definition) is 6. The second-order valence-corrected chi connectivity index (χ2v) is 7.84. The smallest absolute Gasteiger partial charge is 0.226 e. The lowest BCUT2D eigenvalue weighted by Crippen LogP contribution is -2.45. The minimum Gasteiger partial charge on any atom is -0.493 e. The average molecular weight is 427 g/mol. The third kappa shape index (κ3) is 4.94. The van der Waals surface area contributed by atoms with Crippen LogP contribution in [0.15, 0.2) is 42.5 Å². The van der Waals surface area contributed by atoms with Gasteiger partial charge in [-0.25, -0.2) is 0 Å². The van der Waals surface area contributed by atoms with Crippen LogP contribution >= 0.6 is 0 Å². The molecule has 2 aromatic carbocycles. The van der Waals surface area contributed by atoms with Gasteiger partial charge >= 0.3 is 0 Å². The van der Waals surface area contributed by atoms with E-state index >= 15 is 0 Å². The number of para-hydroxylation sites is 1. The molecular weight excluding hydrogens is 396 g/mol. The second-order valence-electron chi connectivity index (χ2n) is 7.84. The Morgan fingerprint density at radius 1 is 1.13 bits per heavy atom. The first kappa shape index (κ1) is 21.5. The summed E-state index contributed by atoms with van der Waals surface area (Å²) in [5.41, 5.74) is 2.16. The van der Waals surface area contributed by atoms with E-state index in [0.29, 0.717) is 44.3 Å². The first-order valence-corrected chi connectivity index (χ1v) is 10.7. The first-order valence-electron chi connectivity index (χ1n) is 10.7. The normalized spacial score (nSPS) is 19.6. The van der Waals surface area contributed by atoms with Crippen LogP contribution in [-0.4, -0.2) is 64.5 Å². The van der Waals surface area contributed by atoms with E-state index in [1.165, 1.54) is 0 Å². The Morgan fingerprint density at radius 2 is 1.90 bits per heavy atom. The highest BCUT2D eigenvalue weighted by molar-refractivity contribution is 5.79. The largest absolute Gasteiger partial charge is 0.493 e. The Balaban J connectivity index is 1.47. The molecule has 7 nitrogen and oxygen atoms in total. The number of amides is 1. The molecule has 1 saturated heterocycles. The standard InChI is InChI=1S/C24H30N2O5/c1-28-22-8-7-17(14-23(22)29-2)20(26-9-11-30-12-10-26)15-25-24(27)19-13-18-5-3-4-6-21(18)31-16-19/h3-8,14,19-20H,9-13,15-16H2,1-2H3,(H,25,27). The highest BCUT2D eigenvalue weighted by atomic mass is 16.5. The molecule has 0 radical (unpaired) electrons. The number of methoxy groups -OCH3 is 2. The molecule has 1 N–H and O–H groups in total. The van der Waals surface area contributed by atoms with E-state index in [0.717, 1.165) is 30.0 Å². The van der Waals surface area contributed by atoms with E-state index in [9.17, 15) is 4.79 Å². The maximum Gasteiger partial charge on any atom is 0.226 e. The summed E-state index contributed by atoms with van der Waals surface area (Å²) >= 11 is 0. The van der Waals surface area contributed by atoms with Crippen molar-refractivity contribution in [2.45, 2.75) is 12.5 Å². The summed E-state index contributed by atoms with van der Waals surface area (Å²) in [6, 6.07) is 13.9. The molecule has 7 heteroatoms. The fourth-order valence-electron chi connectivity index (χ4n) is 4.25. The number of hydrogen-bond donors (Lipinski definition) is 1. The lowest BCUT2D eigenvalue weighted by Gasteiger charge is -2.35. The van der Waals surface area contributed by atoms with Crippen molar-refractivity contribution in [1.82, 2.24) is 10.2 Å². The Morgan fingerprint density at radius 3 is 2.68 bits per heavy atom. The molecule has 1 amide bonds. The molecule has 31 heavy (non-hydrogen) atoms. The van der Waals surface area contributed by atoms with Gasteiger partial charge in [0, 0.05) is 19.6 Å². The zero-order chi connectivity index (χ0) is 21.6. The quantitative estimate of drug-likeness (QED) is 0.734. The summed E-state index contributed by atoms with van der Waals surface area (Å²) < 4.78 is 22.2. The van der Waals surface area contributed by atoms with E-state index in [1.54, 1.807) is 14.2 Å². The second kappa shape index (κ2) is 10.0. The summed E-state index contributed by atoms with van der Waals surface area (Å²) in [5.74, 6) is 2.08. The molecule has 1 fully saturated rings. The monoisotopic (exact) mass is 426 g/mol. The molecule has 4 rings (SSSR count). The Bertz CT molecular complexity index is 897. The molecule has 2 heterocycles. The van der Waals surface area contributed by atoms with Crippen LogP contribution in [0.4, 0.5) is 0 Å². The molecular formula is C24H30N2O5. The number of nitrogens with one attached hydrogen (secondary N) is 1. The molecule has 166 valence electrons. The van der Waals surface area contributed by atoms with Gasteiger partial charge in [-0.3, -0.25) is 9.69 Å². The van der Waals surface area contributed by atoms with Crippen LogP contribution in [0.1, 0.15) is 17.2 Å². The average Bonchev–Trinajstić information content (AvgIpc) is 2.84. The van der Waals surface area contributed by atoms with Gasteiger partial charge in [-0.2, -0.15) is 0 Å². The van der Waals surface area contributed by atoms with Crippen LogP contribution in [0.3, 0.4) is 0 Å². The highest BCUT2D eigenvalue weighted by Crippen LogP contribution is 2.32. The third-order valence-corrected chi connectivity index (χ3v) is 6.00. The van der Waals surface area contributed by atoms with Crippen molar-refractivity contribution in [3.63, 3.8) is 0 Å². The molecule has 2 aliphatic rings. The number of carbonyl (C=O) groups is 1. The van der Waals surface area contributed by atoms with E-state index in [4.69, 9.17) is 18.9 Å². The van der Waals surface area contributed by atoms with Crippen LogP contribution in [-0.2, 0) is 16.0 Å². The van der Waals surface area contributed by atoms with Gasteiger partial charge in [0.1, 0.15) is 12.4 Å². The fourth-order valence-corrected chi connectivity index (χ4v) is 4.25. The lowest BCUT2D eigenvalue weighted by atomic mass is 9.95. The number of rotatable bonds is 7. The number of ether oxygens (including phenoxy) is 4. The minimum absolute atomic E-state index is 0.0180. The Kier molecular flexibility index (Phi) is 6.94. The van der Waals surface area contributed by atoms with Crippen molar-refractivity contribution < 1.29 is 23.7 Å². The summed E-state index contributed by atoms with van der Waals surface area (Å²) in [4.78, 5) is 15.3. The fraction of sp³-hybridized carbons (Fsp3) is 0.458. The molecule has 0 spiro atoms. The molecule has 2 aliphatic heterocycles. The van der Waals surface area contributed by atoms with Crippen molar-refractivity contribution in [2.24, 2.45) is 5.92 Å². The van der Waals surface area contributed by atoms with Crippen molar-refractivity contribution in [3.05, 3.63) is 53.6 Å². The highest BCUT2D eigenvalue weighted by Gasteiger charge is 2.28. The summed E-state index contributed by atoms with van der Waals surface area (Å²) in [7, 11) is 3.26. The number of fused-ring (bicyclic) bond motifs is 1. The van der Waals surface area contributed by atoms with Gasteiger partial charge < -0.3 is 24.3 Å². The van der Waals surface area contributed by atoms with Gasteiger partial charge in [0.25, 0.3) is 0 Å². The van der Waals surface area contributed by atoms with Gasteiger partial charge in [0.2, 0.25) is 5.91 Å². The van der Waals surface area contributed by atoms with Crippen LogP contribution < -0.4 is 19.5 Å². The predicted octanol–water partition coefficient (Wildman–Crippen LogP) is 2.44. The maximum atomic E-state index is 13.0. The van der Waals surface area contributed by atoms with Crippen molar-refractivity contribution >= 4 is 5.91 Å². The maximum absolute atomic E-state index is 13.0. The topological polar surface area (TPSA) is 69.3 Å².